The van der Waals surface area contributed by atoms with Crippen LogP contribution in [-0.4, -0.2) is 6.10 Å². The summed E-state index contributed by atoms with van der Waals surface area (Å²) in [6, 6.07) is 5.46. The summed E-state index contributed by atoms with van der Waals surface area (Å²) in [5, 5.41) is 0.688. The summed E-state index contributed by atoms with van der Waals surface area (Å²) in [6.07, 6.45) is 0.147. The van der Waals surface area contributed by atoms with Gasteiger partial charge in [-0.1, -0.05) is 11.6 Å². The van der Waals surface area contributed by atoms with Crippen LogP contribution in [0.5, 0.6) is 5.75 Å². The molecule has 0 aliphatic heterocycles. The van der Waals surface area contributed by atoms with Gasteiger partial charge in [-0.15, -0.1) is 0 Å². The molecule has 0 spiro atoms. The van der Waals surface area contributed by atoms with Crippen molar-refractivity contribution < 1.29 is 4.74 Å². The molecule has 78 valence electrons. The summed E-state index contributed by atoms with van der Waals surface area (Å²) < 4.78 is 5.62. The van der Waals surface area contributed by atoms with Crippen molar-refractivity contribution in [2.75, 3.05) is 0 Å². The molecule has 1 rings (SSSR count). The Morgan fingerprint density at radius 1 is 1.29 bits per heavy atom. The van der Waals surface area contributed by atoms with E-state index in [2.05, 4.69) is 0 Å². The summed E-state index contributed by atoms with van der Waals surface area (Å²) in [7, 11) is 0. The van der Waals surface area contributed by atoms with E-state index < -0.39 is 0 Å². The first-order chi connectivity index (χ1) is 6.50. The molecule has 1 aromatic carbocycles. The summed E-state index contributed by atoms with van der Waals surface area (Å²) >= 11 is 5.89. The summed E-state index contributed by atoms with van der Waals surface area (Å²) in [5.74, 6) is 0.819. The highest BCUT2D eigenvalue weighted by Crippen LogP contribution is 2.27. The van der Waals surface area contributed by atoms with Gasteiger partial charge in [-0.3, -0.25) is 0 Å². The lowest BCUT2D eigenvalue weighted by atomic mass is 10.1. The normalized spacial score (nSPS) is 13.0. The lowest BCUT2D eigenvalue weighted by molar-refractivity contribution is 0.239. The van der Waals surface area contributed by atoms with Gasteiger partial charge in [0, 0.05) is 16.6 Å². The van der Waals surface area contributed by atoms with Crippen LogP contribution in [0.1, 0.15) is 32.4 Å². The zero-order chi connectivity index (χ0) is 10.7. The van der Waals surface area contributed by atoms with Crippen molar-refractivity contribution in [2.24, 2.45) is 5.73 Å². The van der Waals surface area contributed by atoms with Crippen LogP contribution in [0.2, 0.25) is 5.02 Å². The number of hydrogen-bond donors (Lipinski definition) is 1. The molecule has 0 radical (unpaired) electrons. The second-order valence-corrected chi connectivity index (χ2v) is 4.07. The molecule has 0 heterocycles. The molecule has 0 bridgehead atoms. The summed E-state index contributed by atoms with van der Waals surface area (Å²) in [6.45, 7) is 5.89. The largest absolute Gasteiger partial charge is 0.491 e. The smallest absolute Gasteiger partial charge is 0.124 e. The van der Waals surface area contributed by atoms with Gasteiger partial charge >= 0.3 is 0 Å². The second-order valence-electron chi connectivity index (χ2n) is 3.64. The number of hydrogen-bond acceptors (Lipinski definition) is 2. The van der Waals surface area contributed by atoms with Crippen molar-refractivity contribution in [2.45, 2.75) is 32.9 Å². The van der Waals surface area contributed by atoms with Crippen LogP contribution in [0.15, 0.2) is 18.2 Å². The Balaban J connectivity index is 3.02. The van der Waals surface area contributed by atoms with E-state index in [1.807, 2.05) is 39.0 Å². The first-order valence-electron chi connectivity index (χ1n) is 4.72. The fraction of sp³-hybridized carbons (Fsp3) is 0.455. The van der Waals surface area contributed by atoms with Gasteiger partial charge in [-0.05, 0) is 39.0 Å². The van der Waals surface area contributed by atoms with Crippen LogP contribution in [0.25, 0.3) is 0 Å². The average molecular weight is 214 g/mol. The Kier molecular flexibility index (Phi) is 3.78. The van der Waals surface area contributed by atoms with E-state index in [9.17, 15) is 0 Å². The Morgan fingerprint density at radius 2 is 1.93 bits per heavy atom. The molecular weight excluding hydrogens is 198 g/mol. The predicted octanol–water partition coefficient (Wildman–Crippen LogP) is 3.15. The minimum atomic E-state index is -0.0672. The van der Waals surface area contributed by atoms with Gasteiger partial charge in [-0.2, -0.15) is 0 Å². The van der Waals surface area contributed by atoms with Gasteiger partial charge < -0.3 is 10.5 Å². The SMILES string of the molecule is CC(C)Oc1ccc(Cl)cc1C(C)N. The molecule has 14 heavy (non-hydrogen) atoms. The lowest BCUT2D eigenvalue weighted by Crippen LogP contribution is -2.12. The molecule has 0 saturated heterocycles. The van der Waals surface area contributed by atoms with E-state index in [1.54, 1.807) is 0 Å². The van der Waals surface area contributed by atoms with E-state index in [0.717, 1.165) is 11.3 Å². The standard InChI is InChI=1S/C11H16ClNO/c1-7(2)14-11-5-4-9(12)6-10(11)8(3)13/h4-8H,13H2,1-3H3. The highest BCUT2D eigenvalue weighted by Gasteiger charge is 2.09. The quantitative estimate of drug-likeness (QED) is 0.837. The molecule has 1 atom stereocenters. The first-order valence-corrected chi connectivity index (χ1v) is 5.10. The van der Waals surface area contributed by atoms with Crippen LogP contribution in [0, 0.1) is 0 Å². The van der Waals surface area contributed by atoms with Crippen molar-refractivity contribution in [3.63, 3.8) is 0 Å². The van der Waals surface area contributed by atoms with Crippen LogP contribution in [0.4, 0.5) is 0 Å². The molecule has 0 aromatic heterocycles. The number of nitrogens with two attached hydrogens (primary N) is 1. The molecule has 0 aliphatic rings. The monoisotopic (exact) mass is 213 g/mol. The van der Waals surface area contributed by atoms with E-state index >= 15 is 0 Å². The zero-order valence-corrected chi connectivity index (χ0v) is 9.51. The van der Waals surface area contributed by atoms with E-state index in [0.29, 0.717) is 5.02 Å². The van der Waals surface area contributed by atoms with Crippen molar-refractivity contribution in [1.82, 2.24) is 0 Å². The lowest BCUT2D eigenvalue weighted by Gasteiger charge is -2.16. The topological polar surface area (TPSA) is 35.2 Å². The van der Waals surface area contributed by atoms with Crippen LogP contribution >= 0.6 is 11.6 Å². The van der Waals surface area contributed by atoms with Crippen LogP contribution < -0.4 is 10.5 Å². The van der Waals surface area contributed by atoms with Gasteiger partial charge in [0.15, 0.2) is 0 Å². The highest BCUT2D eigenvalue weighted by atomic mass is 35.5. The minimum absolute atomic E-state index is 0.0672. The molecule has 2 N–H and O–H groups in total. The number of ether oxygens (including phenoxy) is 1. The molecule has 3 heteroatoms. The maximum atomic E-state index is 5.89. The maximum Gasteiger partial charge on any atom is 0.124 e. The van der Waals surface area contributed by atoms with Gasteiger partial charge in [-0.25, -0.2) is 0 Å². The molecule has 1 aromatic rings. The molecule has 2 nitrogen and oxygen atoms in total. The number of rotatable bonds is 3. The van der Waals surface area contributed by atoms with Crippen molar-refractivity contribution in [1.29, 1.82) is 0 Å². The minimum Gasteiger partial charge on any atom is -0.491 e. The third kappa shape index (κ3) is 2.89. The maximum absolute atomic E-state index is 5.89. The Hall–Kier alpha value is -0.730. The van der Waals surface area contributed by atoms with Crippen molar-refractivity contribution in [3.05, 3.63) is 28.8 Å². The number of halogens is 1. The highest BCUT2D eigenvalue weighted by molar-refractivity contribution is 6.30. The molecule has 0 fully saturated rings. The van der Waals surface area contributed by atoms with Gasteiger partial charge in [0.2, 0.25) is 0 Å². The van der Waals surface area contributed by atoms with Crippen LogP contribution in [-0.2, 0) is 0 Å². The Bertz CT molecular complexity index is 310. The van der Waals surface area contributed by atoms with Crippen molar-refractivity contribution >= 4 is 11.6 Å². The van der Waals surface area contributed by atoms with Crippen molar-refractivity contribution in [3.8, 4) is 5.75 Å². The Labute approximate surface area is 90.0 Å². The fourth-order valence-corrected chi connectivity index (χ4v) is 1.42. The summed E-state index contributed by atoms with van der Waals surface area (Å²) in [5.41, 5.74) is 6.77. The third-order valence-electron chi connectivity index (χ3n) is 1.83. The Morgan fingerprint density at radius 3 is 2.43 bits per heavy atom. The number of benzene rings is 1. The van der Waals surface area contributed by atoms with E-state index in [1.165, 1.54) is 0 Å². The first kappa shape index (κ1) is 11.3. The fourth-order valence-electron chi connectivity index (χ4n) is 1.24. The molecule has 0 saturated carbocycles. The molecular formula is C11H16ClNO. The van der Waals surface area contributed by atoms with Gasteiger partial charge in [0.25, 0.3) is 0 Å². The van der Waals surface area contributed by atoms with E-state index in [4.69, 9.17) is 22.1 Å². The van der Waals surface area contributed by atoms with Gasteiger partial charge in [0.1, 0.15) is 5.75 Å². The predicted molar refractivity (Wildman–Crippen MR) is 59.8 cm³/mol. The van der Waals surface area contributed by atoms with Gasteiger partial charge in [0.05, 0.1) is 6.10 Å². The molecule has 0 amide bonds. The van der Waals surface area contributed by atoms with Crippen LogP contribution in [0.3, 0.4) is 0 Å². The third-order valence-corrected chi connectivity index (χ3v) is 2.06. The molecule has 1 unspecified atom stereocenters. The average Bonchev–Trinajstić information content (AvgIpc) is 2.07. The van der Waals surface area contributed by atoms with E-state index in [-0.39, 0.29) is 12.1 Å². The molecule has 0 aliphatic carbocycles. The zero-order valence-electron chi connectivity index (χ0n) is 8.75. The summed E-state index contributed by atoms with van der Waals surface area (Å²) in [4.78, 5) is 0. The second kappa shape index (κ2) is 4.67.